The largest absolute Gasteiger partial charge is 0.497 e. The zero-order valence-electron chi connectivity index (χ0n) is 17.9. The summed E-state index contributed by atoms with van der Waals surface area (Å²) in [5.74, 6) is -0.545. The van der Waals surface area contributed by atoms with Crippen LogP contribution in [0.15, 0.2) is 24.3 Å². The maximum atomic E-state index is 13.3. The Labute approximate surface area is 182 Å². The van der Waals surface area contributed by atoms with Gasteiger partial charge in [-0.1, -0.05) is 12.1 Å². The highest BCUT2D eigenvalue weighted by Crippen LogP contribution is 2.33. The first kappa shape index (κ1) is 23.0. The van der Waals surface area contributed by atoms with Gasteiger partial charge in [0.05, 0.1) is 13.7 Å². The number of ether oxygens (including phenoxy) is 1. The van der Waals surface area contributed by atoms with E-state index in [9.17, 15) is 19.5 Å². The van der Waals surface area contributed by atoms with Crippen LogP contribution in [-0.2, 0) is 20.8 Å². The molecular weight excluding hydrogens is 400 g/mol. The first-order valence-corrected chi connectivity index (χ1v) is 10.8. The second-order valence-corrected chi connectivity index (χ2v) is 8.15. The van der Waals surface area contributed by atoms with Crippen molar-refractivity contribution in [1.82, 2.24) is 15.5 Å². The molecule has 0 aliphatic carbocycles. The van der Waals surface area contributed by atoms with Crippen molar-refractivity contribution in [3.8, 4) is 5.75 Å². The van der Waals surface area contributed by atoms with Crippen LogP contribution in [0.4, 0.5) is 0 Å². The van der Waals surface area contributed by atoms with Gasteiger partial charge in [-0.3, -0.25) is 14.4 Å². The van der Waals surface area contributed by atoms with E-state index in [4.69, 9.17) is 10.5 Å². The van der Waals surface area contributed by atoms with Crippen LogP contribution >= 0.6 is 0 Å². The number of amides is 3. The maximum absolute atomic E-state index is 13.3. The summed E-state index contributed by atoms with van der Waals surface area (Å²) in [6, 6.07) is 6.17. The van der Waals surface area contributed by atoms with Gasteiger partial charge >= 0.3 is 0 Å². The minimum Gasteiger partial charge on any atom is -0.497 e. The van der Waals surface area contributed by atoms with Gasteiger partial charge in [0.1, 0.15) is 17.8 Å². The molecule has 0 radical (unpaired) electrons. The molecule has 1 aromatic rings. The Morgan fingerprint density at radius 2 is 1.90 bits per heavy atom. The van der Waals surface area contributed by atoms with Gasteiger partial charge in [0.15, 0.2) is 0 Å². The molecule has 2 aliphatic heterocycles. The third kappa shape index (κ3) is 5.34. The van der Waals surface area contributed by atoms with Crippen LogP contribution in [0.2, 0.25) is 0 Å². The van der Waals surface area contributed by atoms with Gasteiger partial charge in [0.2, 0.25) is 17.7 Å². The first-order valence-electron chi connectivity index (χ1n) is 10.8. The Bertz CT molecular complexity index is 785. The van der Waals surface area contributed by atoms with Crippen LogP contribution in [0.3, 0.4) is 0 Å². The molecular formula is C22H32N4O5. The third-order valence-electron chi connectivity index (χ3n) is 6.28. The van der Waals surface area contributed by atoms with E-state index in [0.717, 1.165) is 17.7 Å². The molecule has 9 nitrogen and oxygen atoms in total. The number of hydrogen-bond acceptors (Lipinski definition) is 6. The van der Waals surface area contributed by atoms with E-state index in [1.807, 2.05) is 24.3 Å². The Morgan fingerprint density at radius 3 is 2.55 bits per heavy atom. The molecule has 1 aromatic carbocycles. The fourth-order valence-corrected chi connectivity index (χ4v) is 4.54. The number of nitrogens with zero attached hydrogens (tertiary/aromatic N) is 1. The van der Waals surface area contributed by atoms with Crippen molar-refractivity contribution >= 4 is 17.7 Å². The molecule has 5 N–H and O–H groups in total. The minimum atomic E-state index is -0.862. The van der Waals surface area contributed by atoms with E-state index in [0.29, 0.717) is 32.2 Å². The van der Waals surface area contributed by atoms with Crippen LogP contribution in [-0.4, -0.2) is 72.7 Å². The molecule has 2 aliphatic rings. The molecule has 4 atom stereocenters. The van der Waals surface area contributed by atoms with Gasteiger partial charge in [-0.15, -0.1) is 0 Å². The summed E-state index contributed by atoms with van der Waals surface area (Å²) in [7, 11) is 1.61. The van der Waals surface area contributed by atoms with Crippen LogP contribution in [0.25, 0.3) is 0 Å². The molecule has 3 rings (SSSR count). The fraction of sp³-hybridized carbons (Fsp3) is 0.591. The van der Waals surface area contributed by atoms with Crippen LogP contribution in [0.1, 0.15) is 31.2 Å². The predicted molar refractivity (Wildman–Crippen MR) is 114 cm³/mol. The highest BCUT2D eigenvalue weighted by molar-refractivity contribution is 5.93. The Balaban J connectivity index is 1.63. The highest BCUT2D eigenvalue weighted by atomic mass is 16.5. The summed E-state index contributed by atoms with van der Waals surface area (Å²) in [5.41, 5.74) is 6.47. The molecule has 2 heterocycles. The van der Waals surface area contributed by atoms with E-state index in [1.54, 1.807) is 12.0 Å². The number of benzene rings is 1. The maximum Gasteiger partial charge on any atom is 0.246 e. The Hall–Kier alpha value is -2.65. The van der Waals surface area contributed by atoms with Crippen LogP contribution in [0, 0.1) is 5.92 Å². The molecule has 0 bridgehead atoms. The number of aliphatic hydroxyl groups is 1. The molecule has 4 unspecified atom stereocenters. The van der Waals surface area contributed by atoms with Crippen molar-refractivity contribution in [2.75, 3.05) is 26.8 Å². The Morgan fingerprint density at radius 1 is 1.19 bits per heavy atom. The number of rotatable bonds is 8. The normalized spacial score (nSPS) is 25.5. The number of carbonyl (C=O) groups excluding carboxylic acids is 3. The molecule has 2 saturated heterocycles. The van der Waals surface area contributed by atoms with Gasteiger partial charge in [-0.25, -0.2) is 0 Å². The van der Waals surface area contributed by atoms with Gasteiger partial charge in [-0.05, 0) is 49.8 Å². The number of nitrogens with one attached hydrogen (secondary N) is 2. The molecule has 31 heavy (non-hydrogen) atoms. The van der Waals surface area contributed by atoms with Crippen LogP contribution in [0.5, 0.6) is 5.75 Å². The molecule has 170 valence electrons. The second-order valence-electron chi connectivity index (χ2n) is 8.15. The quantitative estimate of drug-likeness (QED) is 0.440. The van der Waals surface area contributed by atoms with Crippen molar-refractivity contribution in [2.24, 2.45) is 11.7 Å². The third-order valence-corrected chi connectivity index (χ3v) is 6.28. The fourth-order valence-electron chi connectivity index (χ4n) is 4.54. The zero-order chi connectivity index (χ0) is 22.4. The Kier molecular flexibility index (Phi) is 7.86. The molecule has 2 fully saturated rings. The van der Waals surface area contributed by atoms with E-state index < -0.39 is 18.0 Å². The van der Waals surface area contributed by atoms with Crippen molar-refractivity contribution in [1.29, 1.82) is 0 Å². The van der Waals surface area contributed by atoms with E-state index in [2.05, 4.69) is 10.6 Å². The van der Waals surface area contributed by atoms with Gasteiger partial charge in [-0.2, -0.15) is 0 Å². The number of methoxy groups -OCH3 is 1. The standard InChI is InChI=1S/C22H32N4O5/c1-31-17-7-2-14(3-8-17)10-11-24-21(29)18-9-6-16-5-4-15(13-27)20(22(30)26(16)18)25-19(28)12-23/h2-3,7-8,15-16,18,20,27H,4-6,9-13,23H2,1H3,(H,24,29)(H,25,28). The van der Waals surface area contributed by atoms with E-state index in [1.165, 1.54) is 0 Å². The molecule has 3 amide bonds. The first-order chi connectivity index (χ1) is 15.0. The highest BCUT2D eigenvalue weighted by Gasteiger charge is 2.47. The number of nitrogens with two attached hydrogens (primary N) is 1. The lowest BCUT2D eigenvalue weighted by molar-refractivity contribution is -0.143. The van der Waals surface area contributed by atoms with Crippen molar-refractivity contribution < 1.29 is 24.2 Å². The molecule has 0 saturated carbocycles. The summed E-state index contributed by atoms with van der Waals surface area (Å²) in [6.45, 7) is 0.0160. The van der Waals surface area contributed by atoms with Gasteiger partial charge < -0.3 is 31.1 Å². The van der Waals surface area contributed by atoms with Crippen molar-refractivity contribution in [3.63, 3.8) is 0 Å². The smallest absolute Gasteiger partial charge is 0.246 e. The number of hydrogen-bond donors (Lipinski definition) is 4. The van der Waals surface area contributed by atoms with Crippen LogP contribution < -0.4 is 21.1 Å². The van der Waals surface area contributed by atoms with E-state index >= 15 is 0 Å². The predicted octanol–water partition coefficient (Wildman–Crippen LogP) is -0.441. The lowest BCUT2D eigenvalue weighted by atomic mass is 9.94. The van der Waals surface area contributed by atoms with Gasteiger partial charge in [0, 0.05) is 25.1 Å². The average Bonchev–Trinajstić information content (AvgIpc) is 3.17. The van der Waals surface area contributed by atoms with Crippen molar-refractivity contribution in [3.05, 3.63) is 29.8 Å². The summed E-state index contributed by atoms with van der Waals surface area (Å²) >= 11 is 0. The average molecular weight is 433 g/mol. The number of aliphatic hydroxyl groups excluding tert-OH is 1. The van der Waals surface area contributed by atoms with E-state index in [-0.39, 0.29) is 36.9 Å². The second kappa shape index (κ2) is 10.6. The summed E-state index contributed by atoms with van der Waals surface area (Å²) in [6.07, 6.45) is 3.29. The minimum absolute atomic E-state index is 0.0568. The topological polar surface area (TPSA) is 134 Å². The number of fused-ring (bicyclic) bond motifs is 1. The summed E-state index contributed by atoms with van der Waals surface area (Å²) in [5, 5.41) is 15.3. The zero-order valence-corrected chi connectivity index (χ0v) is 17.9. The number of carbonyl (C=O) groups is 3. The monoisotopic (exact) mass is 432 g/mol. The summed E-state index contributed by atoms with van der Waals surface area (Å²) in [4.78, 5) is 39.7. The lowest BCUT2D eigenvalue weighted by Crippen LogP contribution is -2.57. The SMILES string of the molecule is COc1ccc(CCNC(=O)C2CCC3CCC(CO)C(NC(=O)CN)C(=O)N32)cc1. The molecule has 0 aromatic heterocycles. The molecule has 0 spiro atoms. The van der Waals surface area contributed by atoms with Crippen molar-refractivity contribution in [2.45, 2.75) is 50.2 Å². The summed E-state index contributed by atoms with van der Waals surface area (Å²) < 4.78 is 5.15. The molecule has 9 heteroatoms. The lowest BCUT2D eigenvalue weighted by Gasteiger charge is -2.31. The van der Waals surface area contributed by atoms with Gasteiger partial charge in [0.25, 0.3) is 0 Å².